The summed E-state index contributed by atoms with van der Waals surface area (Å²) in [4.78, 5) is 2.40. The molecule has 0 spiro atoms. The Bertz CT molecular complexity index is 3830. The normalized spacial score (nSPS) is 14.0. The van der Waals surface area contributed by atoms with Gasteiger partial charge in [-0.15, -0.1) is 0 Å². The van der Waals surface area contributed by atoms with Gasteiger partial charge in [-0.05, 0) is 122 Å². The fourth-order valence-electron chi connectivity index (χ4n) is 10.5. The average molecular weight is 846 g/mol. The molecule has 3 nitrogen and oxygen atoms in total. The Kier molecular flexibility index (Phi) is 9.06. The van der Waals surface area contributed by atoms with E-state index in [4.69, 9.17) is 8.83 Å². The van der Waals surface area contributed by atoms with Crippen molar-refractivity contribution >= 4 is 68.2 Å². The fourth-order valence-corrected chi connectivity index (χ4v) is 10.5. The number of furan rings is 2. The summed E-state index contributed by atoms with van der Waals surface area (Å²) in [6.45, 7) is 0. The van der Waals surface area contributed by atoms with Gasteiger partial charge in [0.2, 0.25) is 0 Å². The average Bonchev–Trinajstić information content (AvgIpc) is 3.88. The molecule has 1 atom stereocenters. The molecule has 66 heavy (non-hydrogen) atoms. The van der Waals surface area contributed by atoms with E-state index in [0.717, 1.165) is 96.4 Å². The van der Waals surface area contributed by atoms with Crippen molar-refractivity contribution in [3.63, 3.8) is 0 Å². The van der Waals surface area contributed by atoms with Crippen LogP contribution < -0.4 is 15.3 Å². The van der Waals surface area contributed by atoms with Crippen LogP contribution >= 0.6 is 0 Å². The van der Waals surface area contributed by atoms with Crippen LogP contribution in [0.2, 0.25) is 0 Å². The third-order valence-corrected chi connectivity index (χ3v) is 13.7. The Morgan fingerprint density at radius 3 is 2.00 bits per heavy atom. The number of fused-ring (bicyclic) bond motifs is 8. The Morgan fingerprint density at radius 2 is 1.14 bits per heavy atom. The van der Waals surface area contributed by atoms with Gasteiger partial charge in [0.05, 0.1) is 5.69 Å². The van der Waals surface area contributed by atoms with Gasteiger partial charge in [-0.2, -0.15) is 0 Å². The molecule has 312 valence electrons. The zero-order valence-corrected chi connectivity index (χ0v) is 36.2. The molecule has 9 aromatic carbocycles. The molecule has 0 saturated heterocycles. The van der Waals surface area contributed by atoms with Crippen molar-refractivity contribution in [1.82, 2.24) is 0 Å². The molecule has 11 aromatic rings. The summed E-state index contributed by atoms with van der Waals surface area (Å²) in [5, 5.41) is 5.82. The van der Waals surface area contributed by atoms with Gasteiger partial charge in [-0.25, -0.2) is 0 Å². The van der Waals surface area contributed by atoms with Gasteiger partial charge in [0.15, 0.2) is 0 Å². The lowest BCUT2D eigenvalue weighted by molar-refractivity contribution is 0.568. The largest absolute Gasteiger partial charge is 0.460 e. The monoisotopic (exact) mass is 845 g/mol. The van der Waals surface area contributed by atoms with Crippen molar-refractivity contribution in [3.05, 3.63) is 251 Å². The smallest absolute Gasteiger partial charge is 0.135 e. The van der Waals surface area contributed by atoms with Crippen LogP contribution in [-0.2, 0) is 6.42 Å². The molecular weight excluding hydrogens is 803 g/mol. The maximum absolute atomic E-state index is 6.67. The highest BCUT2D eigenvalue weighted by molar-refractivity contribution is 6.07. The number of hydrogen-bond acceptors (Lipinski definition) is 3. The predicted molar refractivity (Wildman–Crippen MR) is 274 cm³/mol. The van der Waals surface area contributed by atoms with E-state index in [1.807, 2.05) is 12.1 Å². The van der Waals surface area contributed by atoms with Gasteiger partial charge in [-0.3, -0.25) is 0 Å². The van der Waals surface area contributed by atoms with E-state index >= 15 is 0 Å². The fraction of sp³-hybridized carbons (Fsp3) is 0.0476. The van der Waals surface area contributed by atoms with E-state index < -0.39 is 0 Å². The maximum Gasteiger partial charge on any atom is 0.135 e. The molecule has 0 bridgehead atoms. The van der Waals surface area contributed by atoms with Crippen LogP contribution in [0.1, 0.15) is 40.4 Å². The first kappa shape index (κ1) is 38.1. The first-order valence-electron chi connectivity index (χ1n) is 22.9. The van der Waals surface area contributed by atoms with E-state index in [0.29, 0.717) is 5.92 Å². The van der Waals surface area contributed by atoms with Crippen molar-refractivity contribution in [1.29, 1.82) is 0 Å². The van der Waals surface area contributed by atoms with Crippen molar-refractivity contribution in [2.75, 3.05) is 4.90 Å². The second-order valence-corrected chi connectivity index (χ2v) is 17.5. The van der Waals surface area contributed by atoms with E-state index in [2.05, 4.69) is 223 Å². The number of allylic oxidation sites excluding steroid dienone is 1. The molecule has 3 heteroatoms. The lowest BCUT2D eigenvalue weighted by Crippen LogP contribution is -2.22. The number of anilines is 3. The topological polar surface area (TPSA) is 29.5 Å². The number of rotatable bonds is 7. The zero-order chi connectivity index (χ0) is 43.6. The quantitative estimate of drug-likeness (QED) is 0.160. The van der Waals surface area contributed by atoms with Gasteiger partial charge >= 0.3 is 0 Å². The molecule has 0 amide bonds. The molecule has 0 radical (unpaired) electrons. The van der Waals surface area contributed by atoms with Crippen molar-refractivity contribution in [2.24, 2.45) is 0 Å². The van der Waals surface area contributed by atoms with Crippen LogP contribution in [-0.4, -0.2) is 0 Å². The molecule has 0 aliphatic heterocycles. The molecular formula is C63H43NO2. The molecule has 2 aliphatic carbocycles. The highest BCUT2D eigenvalue weighted by Gasteiger charge is 2.23. The first-order valence-corrected chi connectivity index (χ1v) is 22.9. The minimum absolute atomic E-state index is 0.335. The standard InChI is InChI=1S/C63H43NO2/c1-2-14-46-40-57-61(36-30-41(46)12-1)66-62-25-11-22-55(63(57)62)53-19-5-7-23-58(53)64(50-34-28-43(29-35-50)47-31-37-60-56(39-47)54-20-6-8-24-59(54)65-60)49-32-26-42(27-33-49)45-16-9-17-48(38-45)52-21-10-15-44-13-3-4-18-51(44)52/h1-20,22-35,37-40,52H,21,36H2. The molecule has 2 heterocycles. The van der Waals surface area contributed by atoms with E-state index in [1.165, 1.54) is 38.3 Å². The summed E-state index contributed by atoms with van der Waals surface area (Å²) in [7, 11) is 0. The highest BCUT2D eigenvalue weighted by atomic mass is 16.3. The summed E-state index contributed by atoms with van der Waals surface area (Å²) < 4.78 is 12.8. The van der Waals surface area contributed by atoms with Gasteiger partial charge in [0.25, 0.3) is 0 Å². The Labute approximate surface area is 383 Å². The molecule has 2 aromatic heterocycles. The third-order valence-electron chi connectivity index (χ3n) is 13.7. The Hall–Kier alpha value is -8.40. The second-order valence-electron chi connectivity index (χ2n) is 17.5. The van der Waals surface area contributed by atoms with Crippen LogP contribution in [0.3, 0.4) is 0 Å². The zero-order valence-electron chi connectivity index (χ0n) is 36.2. The van der Waals surface area contributed by atoms with Gasteiger partial charge in [0, 0.05) is 51.0 Å². The first-order chi connectivity index (χ1) is 32.7. The van der Waals surface area contributed by atoms with Crippen molar-refractivity contribution in [2.45, 2.75) is 18.8 Å². The number of para-hydroxylation sites is 2. The second kappa shape index (κ2) is 15.7. The SMILES string of the molecule is C1=Cc2ccccc2C(c2cccc(-c3ccc(N(c4ccc(-c5ccc6oc7ccccc7c6c5)cc4)c4ccccc4-c4cccc5oc6c(c45)C=c4ccccc4=CC6)cc3)c2)C1. The van der Waals surface area contributed by atoms with Crippen LogP contribution in [0.25, 0.3) is 84.5 Å². The molecule has 1 unspecified atom stereocenters. The van der Waals surface area contributed by atoms with Crippen LogP contribution in [0, 0.1) is 0 Å². The van der Waals surface area contributed by atoms with Gasteiger partial charge in [0.1, 0.15) is 22.5 Å². The Balaban J connectivity index is 0.934. The minimum atomic E-state index is 0.335. The van der Waals surface area contributed by atoms with Gasteiger partial charge in [-0.1, -0.05) is 170 Å². The van der Waals surface area contributed by atoms with Crippen LogP contribution in [0.4, 0.5) is 17.1 Å². The van der Waals surface area contributed by atoms with E-state index in [9.17, 15) is 0 Å². The molecule has 2 aliphatic rings. The highest BCUT2D eigenvalue weighted by Crippen LogP contribution is 2.46. The number of hydrogen-bond donors (Lipinski definition) is 0. The van der Waals surface area contributed by atoms with E-state index in [-0.39, 0.29) is 0 Å². The molecule has 13 rings (SSSR count). The predicted octanol–water partition coefficient (Wildman–Crippen LogP) is 15.5. The van der Waals surface area contributed by atoms with Crippen molar-refractivity contribution in [3.8, 4) is 33.4 Å². The molecule has 0 fully saturated rings. The minimum Gasteiger partial charge on any atom is -0.460 e. The summed E-state index contributed by atoms with van der Waals surface area (Å²) in [5.41, 5.74) is 18.1. The molecule has 0 saturated carbocycles. The maximum atomic E-state index is 6.67. The molecule has 0 N–H and O–H groups in total. The summed E-state index contributed by atoms with van der Waals surface area (Å²) in [6, 6.07) is 74.6. The number of benzene rings is 9. The lowest BCUT2D eigenvalue weighted by atomic mass is 9.81. The Morgan fingerprint density at radius 1 is 0.470 bits per heavy atom. The van der Waals surface area contributed by atoms with E-state index in [1.54, 1.807) is 0 Å². The third kappa shape index (κ3) is 6.51. The van der Waals surface area contributed by atoms with Crippen molar-refractivity contribution < 1.29 is 8.83 Å². The van der Waals surface area contributed by atoms with Crippen LogP contribution in [0.5, 0.6) is 0 Å². The number of nitrogens with zero attached hydrogens (tertiary/aromatic N) is 1. The summed E-state index contributed by atoms with van der Waals surface area (Å²) in [5.74, 6) is 1.32. The van der Waals surface area contributed by atoms with Crippen LogP contribution in [0.15, 0.2) is 221 Å². The summed E-state index contributed by atoms with van der Waals surface area (Å²) in [6.07, 6.45) is 10.9. The lowest BCUT2D eigenvalue weighted by Gasteiger charge is -2.28. The summed E-state index contributed by atoms with van der Waals surface area (Å²) >= 11 is 0. The van der Waals surface area contributed by atoms with Gasteiger partial charge < -0.3 is 13.7 Å².